The topological polar surface area (TPSA) is 78.5 Å². The third-order valence-corrected chi connectivity index (χ3v) is 5.45. The highest BCUT2D eigenvalue weighted by Gasteiger charge is 2.52. The van der Waals surface area contributed by atoms with E-state index in [1.54, 1.807) is 0 Å². The number of rotatable bonds is 5. The van der Waals surface area contributed by atoms with Gasteiger partial charge < -0.3 is 5.32 Å². The van der Waals surface area contributed by atoms with Crippen LogP contribution in [-0.2, 0) is 15.3 Å². The van der Waals surface area contributed by atoms with E-state index in [1.165, 1.54) is 11.8 Å². The van der Waals surface area contributed by atoms with Crippen LogP contribution in [0, 0.1) is 0 Å². The van der Waals surface area contributed by atoms with Crippen LogP contribution in [0.3, 0.4) is 0 Å². The first-order valence-corrected chi connectivity index (χ1v) is 9.34. The number of urea groups is 1. The number of hydrogen-bond acceptors (Lipinski definition) is 4. The van der Waals surface area contributed by atoms with Crippen molar-refractivity contribution in [3.63, 3.8) is 0 Å². The van der Waals surface area contributed by atoms with E-state index < -0.39 is 11.6 Å². The first-order chi connectivity index (χ1) is 11.6. The van der Waals surface area contributed by atoms with E-state index in [1.807, 2.05) is 30.3 Å². The van der Waals surface area contributed by atoms with E-state index in [2.05, 4.69) is 10.7 Å². The Morgan fingerprint density at radius 3 is 2.58 bits per heavy atom. The molecule has 2 N–H and O–H groups in total. The molecule has 0 atom stereocenters. The molecule has 3 rings (SSSR count). The molecule has 4 amide bonds. The summed E-state index contributed by atoms with van der Waals surface area (Å²) in [4.78, 5) is 36.7. The van der Waals surface area contributed by atoms with Gasteiger partial charge in [-0.2, -0.15) is 5.01 Å². The van der Waals surface area contributed by atoms with E-state index in [9.17, 15) is 14.4 Å². The quantitative estimate of drug-likeness (QED) is 0.801. The second kappa shape index (κ2) is 7.25. The van der Waals surface area contributed by atoms with Crippen molar-refractivity contribution in [3.05, 3.63) is 35.9 Å². The monoisotopic (exact) mass is 347 g/mol. The van der Waals surface area contributed by atoms with Crippen LogP contribution in [0.2, 0.25) is 0 Å². The first-order valence-electron chi connectivity index (χ1n) is 8.19. The highest BCUT2D eigenvalue weighted by molar-refractivity contribution is 7.99. The highest BCUT2D eigenvalue weighted by atomic mass is 32.2. The van der Waals surface area contributed by atoms with Crippen LogP contribution in [0.25, 0.3) is 0 Å². The van der Waals surface area contributed by atoms with E-state index in [0.29, 0.717) is 18.6 Å². The van der Waals surface area contributed by atoms with Crippen LogP contribution < -0.4 is 10.7 Å². The number of hydrazine groups is 1. The number of hydrogen-bond donors (Lipinski definition) is 2. The van der Waals surface area contributed by atoms with Crippen molar-refractivity contribution in [2.75, 3.05) is 5.75 Å². The Bertz CT molecular complexity index is 629. The largest absolute Gasteiger partial charge is 0.344 e. The Morgan fingerprint density at radius 1 is 1.17 bits per heavy atom. The maximum Gasteiger partial charge on any atom is 0.344 e. The van der Waals surface area contributed by atoms with Gasteiger partial charge in [0.2, 0.25) is 5.91 Å². The normalized spacial score (nSPS) is 19.4. The van der Waals surface area contributed by atoms with Gasteiger partial charge in [0.05, 0.1) is 5.75 Å². The molecule has 1 aromatic carbocycles. The van der Waals surface area contributed by atoms with Crippen LogP contribution in [0.4, 0.5) is 4.79 Å². The SMILES string of the molecule is O=C(CSCc1ccccc1)NN1C(=O)NC2(CCCCC2)C1=O. The Morgan fingerprint density at radius 2 is 1.88 bits per heavy atom. The molecule has 1 spiro atoms. The number of nitrogens with one attached hydrogen (secondary N) is 2. The summed E-state index contributed by atoms with van der Waals surface area (Å²) in [7, 11) is 0. The second-order valence-electron chi connectivity index (χ2n) is 6.23. The molecule has 0 radical (unpaired) electrons. The average Bonchev–Trinajstić information content (AvgIpc) is 2.81. The standard InChI is InChI=1S/C17H21N3O3S/c21-14(12-24-11-13-7-3-1-4-8-13)19-20-15(22)17(18-16(20)23)9-5-2-6-10-17/h1,3-4,7-8H,2,5-6,9-12H2,(H,18,23)(H,19,21). The molecule has 1 saturated carbocycles. The van der Waals surface area contributed by atoms with Gasteiger partial charge >= 0.3 is 6.03 Å². The molecule has 2 aliphatic rings. The predicted molar refractivity (Wildman–Crippen MR) is 91.9 cm³/mol. The van der Waals surface area contributed by atoms with E-state index in [4.69, 9.17) is 0 Å². The van der Waals surface area contributed by atoms with Crippen LogP contribution in [0.1, 0.15) is 37.7 Å². The Balaban J connectivity index is 1.50. The van der Waals surface area contributed by atoms with Gasteiger partial charge in [0.25, 0.3) is 5.91 Å². The van der Waals surface area contributed by atoms with Crippen molar-refractivity contribution in [3.8, 4) is 0 Å². The minimum absolute atomic E-state index is 0.193. The molecular weight excluding hydrogens is 326 g/mol. The van der Waals surface area contributed by atoms with E-state index >= 15 is 0 Å². The lowest BCUT2D eigenvalue weighted by Crippen LogP contribution is -2.51. The number of carbonyl (C=O) groups excluding carboxylic acids is 3. The molecule has 1 aliphatic carbocycles. The summed E-state index contributed by atoms with van der Waals surface area (Å²) in [6, 6.07) is 9.31. The van der Waals surface area contributed by atoms with Gasteiger partial charge in [-0.3, -0.25) is 15.0 Å². The Kier molecular flexibility index (Phi) is 5.08. The molecule has 7 heteroatoms. The van der Waals surface area contributed by atoms with Crippen molar-refractivity contribution in [1.29, 1.82) is 0 Å². The third-order valence-electron chi connectivity index (χ3n) is 4.45. The lowest BCUT2D eigenvalue weighted by molar-refractivity contribution is -0.139. The van der Waals surface area contributed by atoms with Crippen LogP contribution in [0.5, 0.6) is 0 Å². The molecule has 0 unspecified atom stereocenters. The summed E-state index contributed by atoms with van der Waals surface area (Å²) in [5.74, 6) is 0.234. The zero-order chi connectivity index (χ0) is 17.0. The lowest BCUT2D eigenvalue weighted by atomic mass is 9.82. The van der Waals surface area contributed by atoms with E-state index in [0.717, 1.165) is 29.8 Å². The van der Waals surface area contributed by atoms with Crippen molar-refractivity contribution >= 4 is 29.6 Å². The molecule has 128 valence electrons. The van der Waals surface area contributed by atoms with Crippen LogP contribution in [0.15, 0.2) is 30.3 Å². The third kappa shape index (κ3) is 3.56. The minimum atomic E-state index is -0.806. The molecule has 2 fully saturated rings. The predicted octanol–water partition coefficient (Wildman–Crippen LogP) is 2.21. The molecule has 1 aliphatic heterocycles. The van der Waals surface area contributed by atoms with Gasteiger partial charge in [0.15, 0.2) is 0 Å². The number of amides is 4. The summed E-state index contributed by atoms with van der Waals surface area (Å²) in [6.45, 7) is 0. The number of carbonyl (C=O) groups is 3. The fourth-order valence-electron chi connectivity index (χ4n) is 3.21. The summed E-state index contributed by atoms with van der Waals surface area (Å²) in [6.07, 6.45) is 4.20. The van der Waals surface area contributed by atoms with Gasteiger partial charge in [-0.05, 0) is 18.4 Å². The summed E-state index contributed by atoms with van der Waals surface area (Å²) >= 11 is 1.45. The first kappa shape index (κ1) is 16.8. The van der Waals surface area contributed by atoms with Crippen molar-refractivity contribution in [2.45, 2.75) is 43.4 Å². The molecule has 6 nitrogen and oxygen atoms in total. The van der Waals surface area contributed by atoms with Crippen LogP contribution >= 0.6 is 11.8 Å². The minimum Gasteiger partial charge on any atom is -0.322 e. The van der Waals surface area contributed by atoms with E-state index in [-0.39, 0.29) is 17.6 Å². The molecule has 1 heterocycles. The molecule has 1 aromatic rings. The summed E-state index contributed by atoms with van der Waals surface area (Å²) in [5, 5.41) is 3.63. The molecule has 0 bridgehead atoms. The maximum absolute atomic E-state index is 12.5. The number of nitrogens with zero attached hydrogens (tertiary/aromatic N) is 1. The average molecular weight is 347 g/mol. The summed E-state index contributed by atoms with van der Waals surface area (Å²) in [5.41, 5.74) is 2.77. The van der Waals surface area contributed by atoms with Crippen molar-refractivity contribution in [1.82, 2.24) is 15.8 Å². The smallest absolute Gasteiger partial charge is 0.322 e. The number of benzene rings is 1. The molecular formula is C17H21N3O3S. The Hall–Kier alpha value is -2.02. The van der Waals surface area contributed by atoms with Crippen LogP contribution in [-0.4, -0.2) is 34.1 Å². The molecule has 0 aromatic heterocycles. The van der Waals surface area contributed by atoms with Gasteiger partial charge in [0.1, 0.15) is 5.54 Å². The maximum atomic E-state index is 12.5. The molecule has 24 heavy (non-hydrogen) atoms. The highest BCUT2D eigenvalue weighted by Crippen LogP contribution is 2.32. The van der Waals surface area contributed by atoms with Gasteiger partial charge in [0, 0.05) is 5.75 Å². The Labute approximate surface area is 145 Å². The van der Waals surface area contributed by atoms with Crippen molar-refractivity contribution < 1.29 is 14.4 Å². The van der Waals surface area contributed by atoms with Gasteiger partial charge in [-0.15, -0.1) is 11.8 Å². The zero-order valence-corrected chi connectivity index (χ0v) is 14.2. The molecule has 1 saturated heterocycles. The van der Waals surface area contributed by atoms with Gasteiger partial charge in [-0.25, -0.2) is 4.79 Å². The fraction of sp³-hybridized carbons (Fsp3) is 0.471. The van der Waals surface area contributed by atoms with Gasteiger partial charge in [-0.1, -0.05) is 49.6 Å². The number of thioether (sulfide) groups is 1. The number of imide groups is 1. The second-order valence-corrected chi connectivity index (χ2v) is 7.21. The summed E-state index contributed by atoms with van der Waals surface area (Å²) < 4.78 is 0. The lowest BCUT2D eigenvalue weighted by Gasteiger charge is -2.30. The zero-order valence-electron chi connectivity index (χ0n) is 13.4. The fourth-order valence-corrected chi connectivity index (χ4v) is 3.99. The van der Waals surface area contributed by atoms with Crippen molar-refractivity contribution in [2.24, 2.45) is 0 Å².